The van der Waals surface area contributed by atoms with Crippen LogP contribution in [0.5, 0.6) is 11.5 Å². The number of carbonyl (C=O) groups is 3. The van der Waals surface area contributed by atoms with Crippen molar-refractivity contribution in [3.63, 3.8) is 0 Å². The van der Waals surface area contributed by atoms with E-state index in [0.29, 0.717) is 56.4 Å². The molecule has 0 spiro atoms. The molecule has 1 aliphatic heterocycles. The van der Waals surface area contributed by atoms with Crippen LogP contribution in [0.2, 0.25) is 0 Å². The predicted molar refractivity (Wildman–Crippen MR) is 129 cm³/mol. The van der Waals surface area contributed by atoms with Crippen LogP contribution in [0.15, 0.2) is 42.7 Å². The molecular weight excluding hydrogens is 450 g/mol. The number of pyridine rings is 1. The zero-order valence-corrected chi connectivity index (χ0v) is 20.6. The summed E-state index contributed by atoms with van der Waals surface area (Å²) < 4.78 is 16.7. The van der Waals surface area contributed by atoms with E-state index >= 15 is 0 Å². The second kappa shape index (κ2) is 12.7. The monoisotopic (exact) mass is 483 g/mol. The van der Waals surface area contributed by atoms with E-state index in [2.05, 4.69) is 4.98 Å². The van der Waals surface area contributed by atoms with Crippen molar-refractivity contribution in [1.29, 1.82) is 0 Å². The molecule has 1 fully saturated rings. The van der Waals surface area contributed by atoms with Crippen LogP contribution in [0, 0.1) is 5.92 Å². The maximum atomic E-state index is 13.0. The van der Waals surface area contributed by atoms with Gasteiger partial charge in [-0.15, -0.1) is 0 Å². The van der Waals surface area contributed by atoms with Gasteiger partial charge in [0, 0.05) is 38.1 Å². The van der Waals surface area contributed by atoms with Crippen molar-refractivity contribution >= 4 is 17.8 Å². The Morgan fingerprint density at radius 2 is 1.83 bits per heavy atom. The van der Waals surface area contributed by atoms with Gasteiger partial charge in [0.2, 0.25) is 5.91 Å². The molecule has 35 heavy (non-hydrogen) atoms. The topological polar surface area (TPSA) is 98.3 Å². The number of likely N-dealkylation sites (tertiary alicyclic amines) is 1. The summed E-state index contributed by atoms with van der Waals surface area (Å²) in [4.78, 5) is 45.0. The van der Waals surface area contributed by atoms with Crippen molar-refractivity contribution in [2.75, 3.05) is 39.9 Å². The molecule has 188 valence electrons. The van der Waals surface area contributed by atoms with Gasteiger partial charge in [-0.2, -0.15) is 0 Å². The fraction of sp³-hybridized carbons (Fsp3) is 0.462. The molecular formula is C26H33N3O6. The Hall–Kier alpha value is -3.62. The molecule has 1 atom stereocenters. The van der Waals surface area contributed by atoms with Crippen LogP contribution >= 0.6 is 0 Å². The van der Waals surface area contributed by atoms with E-state index in [1.807, 2.05) is 19.1 Å². The summed E-state index contributed by atoms with van der Waals surface area (Å²) in [6, 6.07) is 8.71. The van der Waals surface area contributed by atoms with Gasteiger partial charge in [0.1, 0.15) is 6.61 Å². The van der Waals surface area contributed by atoms with Crippen LogP contribution in [0.3, 0.4) is 0 Å². The third-order valence-corrected chi connectivity index (χ3v) is 5.75. The van der Waals surface area contributed by atoms with Gasteiger partial charge in [0.05, 0.1) is 25.7 Å². The number of piperidine rings is 1. The maximum Gasteiger partial charge on any atom is 0.310 e. The van der Waals surface area contributed by atoms with Crippen molar-refractivity contribution in [2.45, 2.75) is 33.3 Å². The summed E-state index contributed by atoms with van der Waals surface area (Å²) in [5.74, 6) is -0.111. The lowest BCUT2D eigenvalue weighted by molar-refractivity contribution is -0.151. The minimum Gasteiger partial charge on any atom is -0.490 e. The highest BCUT2D eigenvalue weighted by atomic mass is 16.5. The molecule has 0 bridgehead atoms. The quantitative estimate of drug-likeness (QED) is 0.479. The number of hydrogen-bond acceptors (Lipinski definition) is 7. The van der Waals surface area contributed by atoms with Gasteiger partial charge in [0.15, 0.2) is 11.5 Å². The molecule has 3 rings (SSSR count). The number of nitrogens with zero attached hydrogens (tertiary/aromatic N) is 3. The molecule has 1 aromatic carbocycles. The number of esters is 1. The van der Waals surface area contributed by atoms with E-state index in [0.717, 1.165) is 12.0 Å². The number of aromatic nitrogens is 1. The summed E-state index contributed by atoms with van der Waals surface area (Å²) in [6.45, 7) is 5.49. The zero-order chi connectivity index (χ0) is 25.2. The Balaban J connectivity index is 1.62. The summed E-state index contributed by atoms with van der Waals surface area (Å²) in [5, 5.41) is 0. The average molecular weight is 484 g/mol. The van der Waals surface area contributed by atoms with Crippen molar-refractivity contribution in [2.24, 2.45) is 5.92 Å². The van der Waals surface area contributed by atoms with E-state index in [4.69, 9.17) is 14.2 Å². The largest absolute Gasteiger partial charge is 0.490 e. The second-order valence-electron chi connectivity index (χ2n) is 8.33. The smallest absolute Gasteiger partial charge is 0.310 e. The molecule has 1 aliphatic rings. The Kier molecular flexibility index (Phi) is 9.46. The summed E-state index contributed by atoms with van der Waals surface area (Å²) in [6.07, 6.45) is 4.82. The standard InChI is InChI=1S/C26H33N3O6/c1-4-33-23-15-20(8-9-22(23)35-18-19-10-12-27-13-11-19)25(31)28(3)17-24(30)29-14-6-7-21(16-29)26(32)34-5-2/h8-13,15,21H,4-7,14,16-18H2,1-3H3. The summed E-state index contributed by atoms with van der Waals surface area (Å²) in [5.41, 5.74) is 1.35. The van der Waals surface area contributed by atoms with Crippen LogP contribution in [0.1, 0.15) is 42.6 Å². The minimum atomic E-state index is -0.317. The number of rotatable bonds is 10. The van der Waals surface area contributed by atoms with Crippen LogP contribution in [0.4, 0.5) is 0 Å². The predicted octanol–water partition coefficient (Wildman–Crippen LogP) is 2.93. The number of hydrogen-bond donors (Lipinski definition) is 0. The molecule has 0 N–H and O–H groups in total. The summed E-state index contributed by atoms with van der Waals surface area (Å²) >= 11 is 0. The fourth-order valence-corrected chi connectivity index (χ4v) is 3.92. The van der Waals surface area contributed by atoms with E-state index in [1.54, 1.807) is 49.5 Å². The first kappa shape index (κ1) is 26.0. The lowest BCUT2D eigenvalue weighted by atomic mass is 9.98. The third kappa shape index (κ3) is 7.18. The first-order valence-electron chi connectivity index (χ1n) is 11.9. The molecule has 1 aromatic heterocycles. The van der Waals surface area contributed by atoms with Crippen LogP contribution in [-0.2, 0) is 20.9 Å². The van der Waals surface area contributed by atoms with Gasteiger partial charge in [-0.1, -0.05) is 0 Å². The van der Waals surface area contributed by atoms with Gasteiger partial charge in [0.25, 0.3) is 5.91 Å². The van der Waals surface area contributed by atoms with E-state index in [9.17, 15) is 14.4 Å². The van der Waals surface area contributed by atoms with Crippen molar-refractivity contribution in [3.8, 4) is 11.5 Å². The normalized spacial score (nSPS) is 15.3. The Morgan fingerprint density at radius 1 is 1.06 bits per heavy atom. The van der Waals surface area contributed by atoms with Gasteiger partial charge in [-0.05, 0) is 62.6 Å². The first-order chi connectivity index (χ1) is 16.9. The van der Waals surface area contributed by atoms with Crippen molar-refractivity contribution in [3.05, 3.63) is 53.9 Å². The number of amides is 2. The molecule has 2 amide bonds. The van der Waals surface area contributed by atoms with E-state index in [1.165, 1.54) is 4.90 Å². The highest BCUT2D eigenvalue weighted by Gasteiger charge is 2.30. The van der Waals surface area contributed by atoms with Crippen LogP contribution < -0.4 is 9.47 Å². The number of likely N-dealkylation sites (N-methyl/N-ethyl adjacent to an activating group) is 1. The molecule has 0 aliphatic carbocycles. The third-order valence-electron chi connectivity index (χ3n) is 5.75. The van der Waals surface area contributed by atoms with Crippen molar-refractivity contribution in [1.82, 2.24) is 14.8 Å². The summed E-state index contributed by atoms with van der Waals surface area (Å²) in [7, 11) is 1.58. The van der Waals surface area contributed by atoms with Gasteiger partial charge < -0.3 is 24.0 Å². The molecule has 2 aromatic rings. The zero-order valence-electron chi connectivity index (χ0n) is 20.6. The lowest BCUT2D eigenvalue weighted by Gasteiger charge is -2.32. The number of carbonyl (C=O) groups excluding carboxylic acids is 3. The Morgan fingerprint density at radius 3 is 2.54 bits per heavy atom. The van der Waals surface area contributed by atoms with Gasteiger partial charge in [-0.3, -0.25) is 19.4 Å². The number of benzene rings is 1. The highest BCUT2D eigenvalue weighted by Crippen LogP contribution is 2.30. The van der Waals surface area contributed by atoms with E-state index in [-0.39, 0.29) is 30.2 Å². The minimum absolute atomic E-state index is 0.0847. The maximum absolute atomic E-state index is 13.0. The van der Waals surface area contributed by atoms with Gasteiger partial charge >= 0.3 is 5.97 Å². The van der Waals surface area contributed by atoms with Crippen molar-refractivity contribution < 1.29 is 28.6 Å². The molecule has 9 nitrogen and oxygen atoms in total. The first-order valence-corrected chi connectivity index (χ1v) is 11.9. The second-order valence-corrected chi connectivity index (χ2v) is 8.33. The Labute approximate surface area is 206 Å². The molecule has 0 saturated carbocycles. The van der Waals surface area contributed by atoms with Gasteiger partial charge in [-0.25, -0.2) is 0 Å². The number of ether oxygens (including phenoxy) is 3. The van der Waals surface area contributed by atoms with E-state index < -0.39 is 0 Å². The molecule has 1 saturated heterocycles. The lowest BCUT2D eigenvalue weighted by Crippen LogP contribution is -2.47. The SMILES string of the molecule is CCOC(=O)C1CCCN(C(=O)CN(C)C(=O)c2ccc(OCc3ccncc3)c(OCC)c2)C1. The van der Waals surface area contributed by atoms with Crippen LogP contribution in [-0.4, -0.2) is 72.5 Å². The Bertz CT molecular complexity index is 1010. The molecule has 0 radical (unpaired) electrons. The molecule has 2 heterocycles. The molecule has 1 unspecified atom stereocenters. The fourth-order valence-electron chi connectivity index (χ4n) is 3.92. The van der Waals surface area contributed by atoms with Crippen LogP contribution in [0.25, 0.3) is 0 Å². The average Bonchev–Trinajstić information content (AvgIpc) is 2.88. The highest BCUT2D eigenvalue weighted by molar-refractivity contribution is 5.97. The molecule has 9 heteroatoms.